The molecule has 3 aromatic rings. The fourth-order valence-electron chi connectivity index (χ4n) is 4.55. The minimum Gasteiger partial charge on any atom is -0.472 e. The highest BCUT2D eigenvalue weighted by atomic mass is 19.1. The van der Waals surface area contributed by atoms with Gasteiger partial charge in [-0.2, -0.15) is 0 Å². The molecule has 4 rings (SSSR count). The molecule has 0 radical (unpaired) electrons. The Labute approximate surface area is 224 Å². The lowest BCUT2D eigenvalue weighted by Crippen LogP contribution is -2.49. The summed E-state index contributed by atoms with van der Waals surface area (Å²) in [6.07, 6.45) is 1.94. The summed E-state index contributed by atoms with van der Waals surface area (Å²) in [5.41, 5.74) is 2.94. The van der Waals surface area contributed by atoms with Crippen LogP contribution in [0, 0.1) is 23.6 Å². The first-order valence-corrected chi connectivity index (χ1v) is 12.9. The van der Waals surface area contributed by atoms with Crippen LogP contribution in [-0.4, -0.2) is 64.7 Å². The number of aliphatic hydroxyl groups excluding tert-OH is 1. The molecule has 38 heavy (non-hydrogen) atoms. The Hall–Kier alpha value is -3.73. The molecule has 1 amide bonds. The lowest BCUT2D eigenvalue weighted by Gasteiger charge is -2.37. The first-order valence-electron chi connectivity index (χ1n) is 12.9. The largest absolute Gasteiger partial charge is 0.472 e. The van der Waals surface area contributed by atoms with Gasteiger partial charge in [0.1, 0.15) is 17.5 Å². The normalized spacial score (nSPS) is 18.1. The number of hydrogen-bond acceptors (Lipinski definition) is 5. The van der Waals surface area contributed by atoms with E-state index in [4.69, 9.17) is 4.74 Å². The van der Waals surface area contributed by atoms with Crippen LogP contribution in [0.1, 0.15) is 40.9 Å². The van der Waals surface area contributed by atoms with E-state index in [1.807, 2.05) is 57.3 Å². The van der Waals surface area contributed by atoms with E-state index in [0.29, 0.717) is 37.2 Å². The second-order valence-electron chi connectivity index (χ2n) is 9.99. The van der Waals surface area contributed by atoms with E-state index in [1.54, 1.807) is 23.2 Å². The summed E-state index contributed by atoms with van der Waals surface area (Å²) < 4.78 is 20.0. The van der Waals surface area contributed by atoms with Crippen LogP contribution in [0.2, 0.25) is 0 Å². The molecule has 0 aliphatic carbocycles. The van der Waals surface area contributed by atoms with Gasteiger partial charge in [-0.25, -0.2) is 9.37 Å². The van der Waals surface area contributed by atoms with E-state index in [1.165, 1.54) is 12.1 Å². The second-order valence-corrected chi connectivity index (χ2v) is 9.99. The lowest BCUT2D eigenvalue weighted by atomic mass is 9.99. The van der Waals surface area contributed by atoms with E-state index in [-0.39, 0.29) is 42.3 Å². The van der Waals surface area contributed by atoms with Crippen molar-refractivity contribution in [1.29, 1.82) is 0 Å². The Balaban J connectivity index is 1.58. The topological polar surface area (TPSA) is 65.9 Å². The molecule has 1 aromatic heterocycles. The van der Waals surface area contributed by atoms with Gasteiger partial charge in [0.25, 0.3) is 5.91 Å². The number of benzene rings is 2. The van der Waals surface area contributed by atoms with Gasteiger partial charge in [0.05, 0.1) is 12.6 Å². The van der Waals surface area contributed by atoms with Gasteiger partial charge in [0.2, 0.25) is 5.88 Å². The van der Waals surface area contributed by atoms with E-state index in [9.17, 15) is 14.3 Å². The number of nitrogens with zero attached hydrogens (tertiary/aromatic N) is 3. The molecule has 0 fully saturated rings. The van der Waals surface area contributed by atoms with Crippen molar-refractivity contribution in [3.63, 3.8) is 0 Å². The Morgan fingerprint density at radius 3 is 2.68 bits per heavy atom. The predicted octanol–water partition coefficient (Wildman–Crippen LogP) is 4.17. The number of rotatable bonds is 7. The second kappa shape index (κ2) is 12.7. The zero-order chi connectivity index (χ0) is 27.1. The van der Waals surface area contributed by atoms with Crippen molar-refractivity contribution in [3.05, 3.63) is 94.9 Å². The monoisotopic (exact) mass is 515 g/mol. The Morgan fingerprint density at radius 2 is 1.95 bits per heavy atom. The number of carbonyl (C=O) groups is 1. The number of likely N-dealkylation sites (N-methyl/N-ethyl adjacent to an activating group) is 1. The maximum absolute atomic E-state index is 13.7. The molecule has 3 atom stereocenters. The van der Waals surface area contributed by atoms with Gasteiger partial charge in [0.15, 0.2) is 0 Å². The molecule has 7 heteroatoms. The highest BCUT2D eigenvalue weighted by molar-refractivity contribution is 5.97. The molecule has 0 saturated heterocycles. The third-order valence-electron chi connectivity index (χ3n) is 6.72. The molecule has 6 nitrogen and oxygen atoms in total. The first kappa shape index (κ1) is 27.3. The van der Waals surface area contributed by atoms with Gasteiger partial charge in [0, 0.05) is 43.7 Å². The summed E-state index contributed by atoms with van der Waals surface area (Å²) in [7, 11) is 1.96. The minimum atomic E-state index is -0.366. The van der Waals surface area contributed by atoms with Crippen LogP contribution < -0.4 is 4.74 Å². The van der Waals surface area contributed by atoms with Crippen LogP contribution in [0.25, 0.3) is 0 Å². The molecule has 0 unspecified atom stereocenters. The van der Waals surface area contributed by atoms with Crippen molar-refractivity contribution in [2.45, 2.75) is 39.0 Å². The van der Waals surface area contributed by atoms with Crippen molar-refractivity contribution in [2.24, 2.45) is 5.92 Å². The van der Waals surface area contributed by atoms with Crippen molar-refractivity contribution >= 4 is 5.91 Å². The zero-order valence-electron chi connectivity index (χ0n) is 22.1. The summed E-state index contributed by atoms with van der Waals surface area (Å²) in [4.78, 5) is 21.8. The molecular formula is C31H34FN3O3. The number of amides is 1. The number of aromatic nitrogens is 1. The number of hydrogen-bond donors (Lipinski definition) is 1. The quantitative estimate of drug-likeness (QED) is 0.479. The third-order valence-corrected chi connectivity index (χ3v) is 6.72. The van der Waals surface area contributed by atoms with Crippen LogP contribution >= 0.6 is 0 Å². The summed E-state index contributed by atoms with van der Waals surface area (Å²) in [5, 5.41) is 9.88. The van der Waals surface area contributed by atoms with Crippen molar-refractivity contribution in [1.82, 2.24) is 14.8 Å². The van der Waals surface area contributed by atoms with Gasteiger partial charge in [-0.3, -0.25) is 9.69 Å². The van der Waals surface area contributed by atoms with Crippen molar-refractivity contribution < 1.29 is 19.0 Å². The maximum Gasteiger partial charge on any atom is 0.259 e. The predicted molar refractivity (Wildman–Crippen MR) is 145 cm³/mol. The Morgan fingerprint density at radius 1 is 1.18 bits per heavy atom. The van der Waals surface area contributed by atoms with E-state index in [2.05, 4.69) is 21.7 Å². The molecule has 1 aliphatic heterocycles. The number of fused-ring (bicyclic) bond motifs is 1. The molecular weight excluding hydrogens is 481 g/mol. The van der Waals surface area contributed by atoms with Crippen molar-refractivity contribution in [3.8, 4) is 17.7 Å². The summed E-state index contributed by atoms with van der Waals surface area (Å²) in [6, 6.07) is 17.9. The summed E-state index contributed by atoms with van der Waals surface area (Å²) in [5.74, 6) is 5.99. The Kier molecular flexibility index (Phi) is 9.11. The average Bonchev–Trinajstić information content (AvgIpc) is 2.91. The third kappa shape index (κ3) is 6.97. The number of carbonyl (C=O) groups excluding carboxylic acids is 1. The Bertz CT molecular complexity index is 1300. The molecule has 1 N–H and O–H groups in total. The van der Waals surface area contributed by atoms with E-state index in [0.717, 1.165) is 11.1 Å². The van der Waals surface area contributed by atoms with E-state index < -0.39 is 0 Å². The molecule has 2 heterocycles. The molecule has 1 aliphatic rings. The van der Waals surface area contributed by atoms with Crippen LogP contribution in [0.15, 0.2) is 66.9 Å². The zero-order valence-corrected chi connectivity index (χ0v) is 22.1. The van der Waals surface area contributed by atoms with E-state index >= 15 is 0 Å². The van der Waals surface area contributed by atoms with Gasteiger partial charge < -0.3 is 14.7 Å². The van der Waals surface area contributed by atoms with Crippen LogP contribution in [0.4, 0.5) is 4.39 Å². The molecule has 0 spiro atoms. The average molecular weight is 516 g/mol. The van der Waals surface area contributed by atoms with Gasteiger partial charge in [-0.05, 0) is 43.3 Å². The highest BCUT2D eigenvalue weighted by Gasteiger charge is 2.34. The van der Waals surface area contributed by atoms with Crippen LogP contribution in [0.3, 0.4) is 0 Å². The lowest BCUT2D eigenvalue weighted by molar-refractivity contribution is 0.0325. The SMILES string of the molecule is C[C@@H]1CN([C@H](C)CO)C(=O)c2cc(C#CCc3ccccc3)cnc2O[C@@H]1CN(C)Cc1cccc(F)c1. The molecule has 198 valence electrons. The fraction of sp³-hybridized carbons (Fsp3) is 0.355. The highest BCUT2D eigenvalue weighted by Crippen LogP contribution is 2.27. The first-order chi connectivity index (χ1) is 18.3. The molecule has 2 aromatic carbocycles. The number of halogens is 1. The summed E-state index contributed by atoms with van der Waals surface area (Å²) in [6.45, 7) is 5.22. The number of ether oxygens (including phenoxy) is 1. The van der Waals surface area contributed by atoms with Crippen LogP contribution in [-0.2, 0) is 13.0 Å². The number of pyridine rings is 1. The number of aliphatic hydroxyl groups is 1. The van der Waals surface area contributed by atoms with Gasteiger partial charge in [-0.15, -0.1) is 0 Å². The van der Waals surface area contributed by atoms with Gasteiger partial charge in [-0.1, -0.05) is 61.2 Å². The molecule has 0 saturated carbocycles. The molecule has 0 bridgehead atoms. The smallest absolute Gasteiger partial charge is 0.259 e. The van der Waals surface area contributed by atoms with Gasteiger partial charge >= 0.3 is 0 Å². The standard InChI is InChI=1S/C31H34FN3O3/c1-22-18-35(23(2)21-36)31(37)28-16-25(12-7-11-24-9-5-4-6-10-24)17-33-30(28)38-29(22)20-34(3)19-26-13-8-14-27(32)15-26/h4-6,8-10,13-17,22-23,29,36H,11,18-21H2,1-3H3/t22-,23-,29-/m1/s1. The minimum absolute atomic E-state index is 0.0387. The summed E-state index contributed by atoms with van der Waals surface area (Å²) >= 11 is 0. The van der Waals surface area contributed by atoms with Crippen LogP contribution in [0.5, 0.6) is 5.88 Å². The van der Waals surface area contributed by atoms with Crippen molar-refractivity contribution in [2.75, 3.05) is 26.7 Å². The maximum atomic E-state index is 13.7. The fourth-order valence-corrected chi connectivity index (χ4v) is 4.55.